The normalized spacial score (nSPS) is 16.6. The number of carbonyl (C=O) groups excluding carboxylic acids is 2. The third-order valence-corrected chi connectivity index (χ3v) is 7.39. The van der Waals surface area contributed by atoms with Crippen LogP contribution in [0.3, 0.4) is 0 Å². The van der Waals surface area contributed by atoms with Crippen molar-refractivity contribution in [1.29, 1.82) is 0 Å². The number of amides is 2. The molecule has 0 bridgehead atoms. The molecule has 0 spiro atoms. The molecule has 6 heteroatoms. The van der Waals surface area contributed by atoms with Gasteiger partial charge in [-0.3, -0.25) is 9.59 Å². The van der Waals surface area contributed by atoms with Crippen molar-refractivity contribution < 1.29 is 9.59 Å². The minimum absolute atomic E-state index is 0.0318. The summed E-state index contributed by atoms with van der Waals surface area (Å²) in [6.45, 7) is 4.65. The summed E-state index contributed by atoms with van der Waals surface area (Å²) in [4.78, 5) is 27.3. The van der Waals surface area contributed by atoms with Crippen LogP contribution in [-0.2, 0) is 11.3 Å². The van der Waals surface area contributed by atoms with Gasteiger partial charge >= 0.3 is 0 Å². The van der Waals surface area contributed by atoms with E-state index in [9.17, 15) is 9.59 Å². The third kappa shape index (κ3) is 5.60. The van der Waals surface area contributed by atoms with E-state index >= 15 is 0 Å². The number of aryl methyl sites for hydroxylation is 1. The Labute approximate surface area is 204 Å². The molecule has 2 unspecified atom stereocenters. The van der Waals surface area contributed by atoms with Crippen LogP contribution in [0.1, 0.15) is 57.4 Å². The van der Waals surface area contributed by atoms with E-state index in [4.69, 9.17) is 11.6 Å². The van der Waals surface area contributed by atoms with Gasteiger partial charge in [0.1, 0.15) is 5.37 Å². The molecule has 1 saturated heterocycles. The number of thioether (sulfide) groups is 1. The van der Waals surface area contributed by atoms with Gasteiger partial charge in [-0.15, -0.1) is 11.8 Å². The summed E-state index contributed by atoms with van der Waals surface area (Å²) in [5, 5.41) is 3.75. The molecule has 1 aliphatic heterocycles. The number of hydrogen-bond acceptors (Lipinski definition) is 3. The van der Waals surface area contributed by atoms with Crippen molar-refractivity contribution >= 4 is 35.2 Å². The van der Waals surface area contributed by atoms with Gasteiger partial charge in [-0.1, -0.05) is 72.6 Å². The predicted molar refractivity (Wildman–Crippen MR) is 135 cm³/mol. The molecule has 4 rings (SSSR count). The molecular formula is C27H27ClN2O2S. The van der Waals surface area contributed by atoms with Gasteiger partial charge in [-0.25, -0.2) is 0 Å². The molecule has 0 aliphatic carbocycles. The van der Waals surface area contributed by atoms with Gasteiger partial charge < -0.3 is 10.2 Å². The third-order valence-electron chi connectivity index (χ3n) is 5.89. The van der Waals surface area contributed by atoms with E-state index in [-0.39, 0.29) is 23.2 Å². The summed E-state index contributed by atoms with van der Waals surface area (Å²) in [6.07, 6.45) is 0.813. The van der Waals surface area contributed by atoms with E-state index in [2.05, 4.69) is 43.4 Å². The Bertz CT molecular complexity index is 1110. The first-order chi connectivity index (χ1) is 15.9. The molecule has 2 atom stereocenters. The van der Waals surface area contributed by atoms with Gasteiger partial charge in [0.05, 0.1) is 11.8 Å². The molecular weight excluding hydrogens is 452 g/mol. The van der Waals surface area contributed by atoms with Crippen molar-refractivity contribution in [2.75, 3.05) is 5.75 Å². The highest BCUT2D eigenvalue weighted by Crippen LogP contribution is 2.39. The minimum Gasteiger partial charge on any atom is -0.345 e. The molecule has 33 heavy (non-hydrogen) atoms. The largest absolute Gasteiger partial charge is 0.345 e. The number of halogens is 1. The maximum Gasteiger partial charge on any atom is 0.251 e. The fraction of sp³-hybridized carbons (Fsp3) is 0.259. The first-order valence-electron chi connectivity index (χ1n) is 11.1. The molecule has 1 fully saturated rings. The predicted octanol–water partition coefficient (Wildman–Crippen LogP) is 6.30. The molecule has 170 valence electrons. The average molecular weight is 479 g/mol. The smallest absolute Gasteiger partial charge is 0.251 e. The Morgan fingerprint density at radius 3 is 2.36 bits per heavy atom. The lowest BCUT2D eigenvalue weighted by molar-refractivity contribution is -0.128. The second-order valence-corrected chi connectivity index (χ2v) is 9.78. The van der Waals surface area contributed by atoms with Crippen molar-refractivity contribution in [2.24, 2.45) is 0 Å². The lowest BCUT2D eigenvalue weighted by Crippen LogP contribution is -2.28. The second-order valence-electron chi connectivity index (χ2n) is 8.28. The van der Waals surface area contributed by atoms with Crippen LogP contribution < -0.4 is 5.32 Å². The van der Waals surface area contributed by atoms with Gasteiger partial charge in [0, 0.05) is 17.1 Å². The molecule has 3 aromatic rings. The monoisotopic (exact) mass is 478 g/mol. The Kier molecular flexibility index (Phi) is 7.41. The lowest BCUT2D eigenvalue weighted by Gasteiger charge is -2.24. The van der Waals surface area contributed by atoms with Crippen molar-refractivity contribution in [3.05, 3.63) is 106 Å². The molecule has 0 radical (unpaired) electrons. The fourth-order valence-electron chi connectivity index (χ4n) is 3.95. The van der Waals surface area contributed by atoms with Crippen molar-refractivity contribution in [3.63, 3.8) is 0 Å². The maximum atomic E-state index is 12.9. The molecule has 1 N–H and O–H groups in total. The Hall–Kier alpha value is -2.76. The van der Waals surface area contributed by atoms with E-state index in [1.165, 1.54) is 5.56 Å². The quantitative estimate of drug-likeness (QED) is 0.433. The van der Waals surface area contributed by atoms with Crippen LogP contribution in [0, 0.1) is 6.92 Å². The van der Waals surface area contributed by atoms with Gasteiger partial charge in [-0.05, 0) is 54.3 Å². The summed E-state index contributed by atoms with van der Waals surface area (Å²) in [7, 11) is 0. The van der Waals surface area contributed by atoms with Crippen LogP contribution in [0.2, 0.25) is 5.02 Å². The Morgan fingerprint density at radius 1 is 1.06 bits per heavy atom. The average Bonchev–Trinajstić information content (AvgIpc) is 3.19. The van der Waals surface area contributed by atoms with E-state index in [0.29, 0.717) is 22.9 Å². The zero-order chi connectivity index (χ0) is 23.4. The number of benzene rings is 3. The number of rotatable bonds is 7. The van der Waals surface area contributed by atoms with Crippen molar-refractivity contribution in [2.45, 2.75) is 38.2 Å². The maximum absolute atomic E-state index is 12.9. The zero-order valence-electron chi connectivity index (χ0n) is 18.8. The van der Waals surface area contributed by atoms with E-state index in [0.717, 1.165) is 23.1 Å². The number of carbonyl (C=O) groups is 2. The molecule has 1 aliphatic rings. The van der Waals surface area contributed by atoms with Gasteiger partial charge in [0.15, 0.2) is 0 Å². The highest BCUT2D eigenvalue weighted by molar-refractivity contribution is 8.00. The lowest BCUT2D eigenvalue weighted by atomic mass is 10.0. The SMILES string of the molecule is CCC(NC(=O)c1ccc(C2SCC(=O)N2Cc2ccc(Cl)cc2)cc1)c1ccc(C)cc1. The van der Waals surface area contributed by atoms with Crippen LogP contribution >= 0.6 is 23.4 Å². The van der Waals surface area contributed by atoms with Crippen LogP contribution in [-0.4, -0.2) is 22.5 Å². The Balaban J connectivity index is 1.45. The molecule has 2 amide bonds. The first-order valence-corrected chi connectivity index (χ1v) is 12.5. The van der Waals surface area contributed by atoms with Crippen LogP contribution in [0.25, 0.3) is 0 Å². The molecule has 0 aromatic heterocycles. The highest BCUT2D eigenvalue weighted by atomic mass is 35.5. The zero-order valence-corrected chi connectivity index (χ0v) is 20.3. The van der Waals surface area contributed by atoms with Gasteiger partial charge in [-0.2, -0.15) is 0 Å². The number of hydrogen-bond donors (Lipinski definition) is 1. The first kappa shape index (κ1) is 23.4. The number of nitrogens with zero attached hydrogens (tertiary/aromatic N) is 1. The van der Waals surface area contributed by atoms with E-state index < -0.39 is 0 Å². The minimum atomic E-state index is -0.0952. The molecule has 3 aromatic carbocycles. The van der Waals surface area contributed by atoms with E-state index in [1.807, 2.05) is 53.4 Å². The second kappa shape index (κ2) is 10.4. The van der Waals surface area contributed by atoms with Crippen molar-refractivity contribution in [3.8, 4) is 0 Å². The van der Waals surface area contributed by atoms with Gasteiger partial charge in [0.25, 0.3) is 5.91 Å². The highest BCUT2D eigenvalue weighted by Gasteiger charge is 2.32. The molecule has 1 heterocycles. The number of nitrogens with one attached hydrogen (secondary N) is 1. The Morgan fingerprint density at radius 2 is 1.73 bits per heavy atom. The summed E-state index contributed by atoms with van der Waals surface area (Å²) in [5.41, 5.74) is 4.97. The molecule has 0 saturated carbocycles. The standard InChI is InChI=1S/C27H27ClN2O2S/c1-3-24(20-8-4-18(2)5-9-20)29-26(32)21-10-12-22(13-11-21)27-30(25(31)17-33-27)16-19-6-14-23(28)15-7-19/h4-15,24,27H,3,16-17H2,1-2H3,(H,29,32). The van der Waals surface area contributed by atoms with Crippen LogP contribution in [0.15, 0.2) is 72.8 Å². The summed E-state index contributed by atoms with van der Waals surface area (Å²) >= 11 is 7.60. The summed E-state index contributed by atoms with van der Waals surface area (Å²) < 4.78 is 0. The summed E-state index contributed by atoms with van der Waals surface area (Å²) in [6, 6.07) is 23.4. The summed E-state index contributed by atoms with van der Waals surface area (Å²) in [5.74, 6) is 0.475. The van der Waals surface area contributed by atoms with E-state index in [1.54, 1.807) is 11.8 Å². The fourth-order valence-corrected chi connectivity index (χ4v) is 5.26. The van der Waals surface area contributed by atoms with Crippen LogP contribution in [0.4, 0.5) is 0 Å². The van der Waals surface area contributed by atoms with Crippen molar-refractivity contribution in [1.82, 2.24) is 10.2 Å². The topological polar surface area (TPSA) is 49.4 Å². The van der Waals surface area contributed by atoms with Crippen LogP contribution in [0.5, 0.6) is 0 Å². The van der Waals surface area contributed by atoms with Gasteiger partial charge in [0.2, 0.25) is 5.91 Å². The molecule has 4 nitrogen and oxygen atoms in total.